The maximum absolute atomic E-state index is 12.4. The molecule has 1 fully saturated rings. The smallest absolute Gasteiger partial charge is 0.200 e. The molecule has 0 radical (unpaired) electrons. The number of aryl methyl sites for hydroxylation is 1. The molecule has 28 heavy (non-hydrogen) atoms. The number of rotatable bonds is 13. The predicted molar refractivity (Wildman–Crippen MR) is 122 cm³/mol. The molecular formula is C24H42NO2P. The minimum absolute atomic E-state index is 0.190. The Balaban J connectivity index is 1.77. The molecular weight excluding hydrogens is 365 g/mol. The normalized spacial score (nSPS) is 24.4. The average molecular weight is 408 g/mol. The summed E-state index contributed by atoms with van der Waals surface area (Å²) in [5.41, 5.74) is 9.35. The zero-order chi connectivity index (χ0) is 20.5. The number of hydrogen-bond acceptors (Lipinski definition) is 3. The summed E-state index contributed by atoms with van der Waals surface area (Å²) in [6, 6.07) is 9.25. The predicted octanol–water partition coefficient (Wildman–Crippen LogP) is 6.89. The molecule has 3 nitrogen and oxygen atoms in total. The maximum atomic E-state index is 12.4. The van der Waals surface area contributed by atoms with Crippen LogP contribution in [0.15, 0.2) is 24.3 Å². The van der Waals surface area contributed by atoms with E-state index in [1.165, 1.54) is 56.1 Å². The van der Waals surface area contributed by atoms with Crippen molar-refractivity contribution in [2.75, 3.05) is 19.4 Å². The van der Waals surface area contributed by atoms with Crippen LogP contribution in [0.2, 0.25) is 0 Å². The molecule has 0 spiro atoms. The fraction of sp³-hybridized carbons (Fsp3) is 0.750. The Kier molecular flexibility index (Phi) is 9.74. The Morgan fingerprint density at radius 2 is 1.79 bits per heavy atom. The van der Waals surface area contributed by atoms with Crippen molar-refractivity contribution in [2.45, 2.75) is 95.9 Å². The van der Waals surface area contributed by atoms with Crippen molar-refractivity contribution in [3.63, 3.8) is 0 Å². The number of nitrogens with two attached hydrogens (primary N) is 1. The molecule has 0 aliphatic heterocycles. The first-order valence-electron chi connectivity index (χ1n) is 11.5. The third-order valence-corrected chi connectivity index (χ3v) is 8.17. The van der Waals surface area contributed by atoms with Gasteiger partial charge in [0.25, 0.3) is 0 Å². The standard InChI is InChI=1S/C24H42NO2P/c1-4-6-7-8-9-10-11-21-12-14-22(15-13-21)23-16-17-24(25,20-23)18-19-28(3,26)27-5-2/h12-15,23H,4-11,16-20,25H2,1-3H3/t23-,24-,28?/m0/s1. The topological polar surface area (TPSA) is 52.3 Å². The summed E-state index contributed by atoms with van der Waals surface area (Å²) in [6.45, 7) is 6.42. The molecule has 0 bridgehead atoms. The monoisotopic (exact) mass is 407 g/mol. The molecule has 3 atom stereocenters. The summed E-state index contributed by atoms with van der Waals surface area (Å²) in [5, 5.41) is 0. The Hall–Kier alpha value is -0.630. The summed E-state index contributed by atoms with van der Waals surface area (Å²) in [5.74, 6) is 0.538. The quantitative estimate of drug-likeness (QED) is 0.286. The number of benzene rings is 1. The van der Waals surface area contributed by atoms with Gasteiger partial charge in [-0.2, -0.15) is 0 Å². The number of hydrogen-bond donors (Lipinski definition) is 1. The first-order valence-corrected chi connectivity index (χ1v) is 13.7. The van der Waals surface area contributed by atoms with Gasteiger partial charge in [-0.15, -0.1) is 0 Å². The van der Waals surface area contributed by atoms with Crippen LogP contribution in [-0.4, -0.2) is 25.0 Å². The van der Waals surface area contributed by atoms with Crippen LogP contribution in [-0.2, 0) is 15.5 Å². The van der Waals surface area contributed by atoms with E-state index >= 15 is 0 Å². The van der Waals surface area contributed by atoms with Crippen LogP contribution in [0.3, 0.4) is 0 Å². The van der Waals surface area contributed by atoms with E-state index in [1.54, 1.807) is 6.66 Å². The van der Waals surface area contributed by atoms with Crippen molar-refractivity contribution >= 4 is 7.37 Å². The minimum atomic E-state index is -2.49. The Bertz CT molecular complexity index is 616. The van der Waals surface area contributed by atoms with Gasteiger partial charge in [0.1, 0.15) is 0 Å². The summed E-state index contributed by atoms with van der Waals surface area (Å²) >= 11 is 0. The maximum Gasteiger partial charge on any atom is 0.200 e. The molecule has 0 saturated heterocycles. The van der Waals surface area contributed by atoms with E-state index in [4.69, 9.17) is 10.3 Å². The highest BCUT2D eigenvalue weighted by molar-refractivity contribution is 7.58. The summed E-state index contributed by atoms with van der Waals surface area (Å²) in [4.78, 5) is 0. The lowest BCUT2D eigenvalue weighted by molar-refractivity contribution is 0.329. The lowest BCUT2D eigenvalue weighted by Gasteiger charge is -2.26. The van der Waals surface area contributed by atoms with E-state index < -0.39 is 7.37 Å². The second kappa shape index (κ2) is 11.5. The van der Waals surface area contributed by atoms with Crippen LogP contribution >= 0.6 is 7.37 Å². The molecule has 0 aromatic heterocycles. The van der Waals surface area contributed by atoms with Crippen molar-refractivity contribution < 1.29 is 9.09 Å². The highest BCUT2D eigenvalue weighted by atomic mass is 31.2. The largest absolute Gasteiger partial charge is 0.329 e. The average Bonchev–Trinajstić information content (AvgIpc) is 3.06. The highest BCUT2D eigenvalue weighted by Crippen LogP contribution is 2.48. The third-order valence-electron chi connectivity index (χ3n) is 6.33. The number of unbranched alkanes of at least 4 members (excludes halogenated alkanes) is 5. The van der Waals surface area contributed by atoms with Crippen LogP contribution in [0.4, 0.5) is 0 Å². The lowest BCUT2D eigenvalue weighted by Crippen LogP contribution is -2.37. The van der Waals surface area contributed by atoms with Gasteiger partial charge in [0, 0.05) is 18.4 Å². The van der Waals surface area contributed by atoms with E-state index in [1.807, 2.05) is 6.92 Å². The van der Waals surface area contributed by atoms with Gasteiger partial charge in [-0.3, -0.25) is 4.57 Å². The third kappa shape index (κ3) is 8.01. The first kappa shape index (κ1) is 23.6. The fourth-order valence-corrected chi connectivity index (χ4v) is 6.02. The molecule has 2 rings (SSSR count). The summed E-state index contributed by atoms with van der Waals surface area (Å²) in [6.07, 6.45) is 13.8. The van der Waals surface area contributed by atoms with E-state index in [9.17, 15) is 4.57 Å². The molecule has 1 unspecified atom stereocenters. The molecule has 1 aromatic rings. The highest BCUT2D eigenvalue weighted by Gasteiger charge is 2.37. The molecule has 1 aliphatic carbocycles. The van der Waals surface area contributed by atoms with Gasteiger partial charge in [-0.25, -0.2) is 0 Å². The molecule has 160 valence electrons. The van der Waals surface area contributed by atoms with Gasteiger partial charge in [0.05, 0.1) is 6.61 Å². The Labute approximate surface area is 173 Å². The van der Waals surface area contributed by atoms with Gasteiger partial charge in [0.2, 0.25) is 0 Å². The van der Waals surface area contributed by atoms with E-state index in [0.717, 1.165) is 25.7 Å². The zero-order valence-electron chi connectivity index (χ0n) is 18.4. The Morgan fingerprint density at radius 1 is 1.11 bits per heavy atom. The van der Waals surface area contributed by atoms with Gasteiger partial charge in [0.15, 0.2) is 7.37 Å². The minimum Gasteiger partial charge on any atom is -0.329 e. The SMILES string of the molecule is CCCCCCCCc1ccc([C@H]2CC[C@](N)(CCP(C)(=O)OCC)C2)cc1. The molecule has 0 amide bonds. The van der Waals surface area contributed by atoms with E-state index in [-0.39, 0.29) is 5.54 Å². The molecule has 1 aliphatic rings. The van der Waals surface area contributed by atoms with E-state index in [2.05, 4.69) is 31.2 Å². The van der Waals surface area contributed by atoms with Crippen molar-refractivity contribution in [1.82, 2.24) is 0 Å². The van der Waals surface area contributed by atoms with E-state index in [0.29, 0.717) is 18.7 Å². The summed E-state index contributed by atoms with van der Waals surface area (Å²) < 4.78 is 17.8. The van der Waals surface area contributed by atoms with Gasteiger partial charge < -0.3 is 10.3 Å². The van der Waals surface area contributed by atoms with Crippen molar-refractivity contribution in [3.8, 4) is 0 Å². The molecule has 2 N–H and O–H groups in total. The Morgan fingerprint density at radius 3 is 2.46 bits per heavy atom. The van der Waals surface area contributed by atoms with Crippen molar-refractivity contribution in [3.05, 3.63) is 35.4 Å². The second-order valence-electron chi connectivity index (χ2n) is 8.97. The van der Waals surface area contributed by atoms with Gasteiger partial charge in [-0.1, -0.05) is 63.3 Å². The van der Waals surface area contributed by atoms with Crippen LogP contribution in [0.1, 0.15) is 95.1 Å². The first-order chi connectivity index (χ1) is 13.4. The van der Waals surface area contributed by atoms with Crippen LogP contribution < -0.4 is 5.73 Å². The van der Waals surface area contributed by atoms with Gasteiger partial charge >= 0.3 is 0 Å². The van der Waals surface area contributed by atoms with Crippen LogP contribution in [0.25, 0.3) is 0 Å². The summed E-state index contributed by atoms with van der Waals surface area (Å²) in [7, 11) is -2.49. The van der Waals surface area contributed by atoms with Crippen LogP contribution in [0, 0.1) is 0 Å². The van der Waals surface area contributed by atoms with Crippen molar-refractivity contribution in [1.29, 1.82) is 0 Å². The molecule has 1 aromatic carbocycles. The molecule has 0 heterocycles. The second-order valence-corrected chi connectivity index (χ2v) is 11.7. The van der Waals surface area contributed by atoms with Crippen molar-refractivity contribution in [2.24, 2.45) is 5.73 Å². The zero-order valence-corrected chi connectivity index (χ0v) is 19.3. The lowest BCUT2D eigenvalue weighted by atomic mass is 9.90. The molecule has 4 heteroatoms. The fourth-order valence-electron chi connectivity index (χ4n) is 4.50. The van der Waals surface area contributed by atoms with Gasteiger partial charge in [-0.05, 0) is 62.5 Å². The molecule has 1 saturated carbocycles. The van der Waals surface area contributed by atoms with Crippen LogP contribution in [0.5, 0.6) is 0 Å².